The fourth-order valence-corrected chi connectivity index (χ4v) is 1.76. The molecule has 0 aliphatic rings. The summed E-state index contributed by atoms with van der Waals surface area (Å²) in [5.74, 6) is -1.99. The molecule has 2 aromatic rings. The van der Waals surface area contributed by atoms with Gasteiger partial charge in [0.2, 0.25) is 0 Å². The van der Waals surface area contributed by atoms with E-state index in [0.717, 1.165) is 12.1 Å². The van der Waals surface area contributed by atoms with Gasteiger partial charge in [0.25, 0.3) is 0 Å². The number of halogens is 2. The molecule has 122 valence electrons. The number of aliphatic hydroxyl groups is 2. The molecule has 0 amide bonds. The van der Waals surface area contributed by atoms with Crippen molar-refractivity contribution in [2.24, 2.45) is 5.16 Å². The van der Waals surface area contributed by atoms with Gasteiger partial charge in [0.15, 0.2) is 11.6 Å². The Bertz CT molecular complexity index is 688. The molecule has 0 aliphatic carbocycles. The molecule has 0 fully saturated rings. The Morgan fingerprint density at radius 1 is 1.26 bits per heavy atom. The zero-order valence-electron chi connectivity index (χ0n) is 12.4. The summed E-state index contributed by atoms with van der Waals surface area (Å²) in [5, 5.41) is 22.1. The van der Waals surface area contributed by atoms with E-state index in [2.05, 4.69) is 10.1 Å². The minimum atomic E-state index is -1.02. The van der Waals surface area contributed by atoms with E-state index >= 15 is 0 Å². The van der Waals surface area contributed by atoms with Crippen LogP contribution in [0.25, 0.3) is 0 Å². The van der Waals surface area contributed by atoms with Gasteiger partial charge in [-0.05, 0) is 36.8 Å². The van der Waals surface area contributed by atoms with Crippen LogP contribution in [0.5, 0.6) is 0 Å². The Labute approximate surface area is 131 Å². The number of aromatic nitrogens is 1. The predicted molar refractivity (Wildman–Crippen MR) is 79.8 cm³/mol. The van der Waals surface area contributed by atoms with Crippen molar-refractivity contribution >= 4 is 5.71 Å². The molecule has 1 aromatic heterocycles. The molecule has 0 aliphatic heterocycles. The van der Waals surface area contributed by atoms with E-state index in [1.54, 1.807) is 12.1 Å². The zero-order valence-corrected chi connectivity index (χ0v) is 12.4. The molecule has 5 nitrogen and oxygen atoms in total. The third-order valence-corrected chi connectivity index (χ3v) is 2.91. The third-order valence-electron chi connectivity index (χ3n) is 2.91. The molecule has 0 saturated carbocycles. The molecule has 0 unspecified atom stereocenters. The lowest BCUT2D eigenvalue weighted by atomic mass is 10.1. The number of hydrogen-bond acceptors (Lipinski definition) is 5. The van der Waals surface area contributed by atoms with Gasteiger partial charge in [0, 0.05) is 11.8 Å². The molecule has 0 bridgehead atoms. The number of aliphatic hydroxyl groups excluding tert-OH is 2. The summed E-state index contributed by atoms with van der Waals surface area (Å²) in [5.41, 5.74) is 1.43. The number of pyridine rings is 1. The number of nitrogens with zero attached hydrogens (tertiary/aromatic N) is 2. The highest BCUT2D eigenvalue weighted by atomic mass is 19.2. The highest BCUT2D eigenvalue weighted by Gasteiger charge is 2.13. The van der Waals surface area contributed by atoms with Crippen molar-refractivity contribution in [3.8, 4) is 0 Å². The first-order chi connectivity index (χ1) is 11.0. The molecule has 2 N–H and O–H groups in total. The number of rotatable bonds is 6. The van der Waals surface area contributed by atoms with E-state index in [0.29, 0.717) is 11.3 Å². The average molecular weight is 322 g/mol. The van der Waals surface area contributed by atoms with Crippen LogP contribution in [-0.2, 0) is 11.4 Å². The van der Waals surface area contributed by atoms with E-state index in [4.69, 9.17) is 9.94 Å². The molecule has 23 heavy (non-hydrogen) atoms. The Hall–Kier alpha value is -2.38. The van der Waals surface area contributed by atoms with Gasteiger partial charge in [-0.3, -0.25) is 4.98 Å². The lowest BCUT2D eigenvalue weighted by Crippen LogP contribution is -2.12. The van der Waals surface area contributed by atoms with Crippen molar-refractivity contribution in [3.05, 3.63) is 65.0 Å². The van der Waals surface area contributed by atoms with E-state index in [-0.39, 0.29) is 24.5 Å². The summed E-state index contributed by atoms with van der Waals surface area (Å²) in [6, 6.07) is 6.53. The fourth-order valence-electron chi connectivity index (χ4n) is 1.76. The third kappa shape index (κ3) is 4.54. The molecule has 0 spiro atoms. The summed E-state index contributed by atoms with van der Waals surface area (Å²) >= 11 is 0. The summed E-state index contributed by atoms with van der Waals surface area (Å²) in [4.78, 5) is 9.15. The summed E-state index contributed by atoms with van der Waals surface area (Å²) in [7, 11) is 0. The second kappa shape index (κ2) is 7.75. The molecule has 1 atom stereocenters. The van der Waals surface area contributed by atoms with Crippen LogP contribution in [0.2, 0.25) is 0 Å². The first kappa shape index (κ1) is 17.0. The average Bonchev–Trinajstić information content (AvgIpc) is 2.54. The van der Waals surface area contributed by atoms with E-state index in [1.165, 1.54) is 19.2 Å². The van der Waals surface area contributed by atoms with Crippen LogP contribution in [0.4, 0.5) is 8.78 Å². The van der Waals surface area contributed by atoms with Gasteiger partial charge in [0.1, 0.15) is 12.3 Å². The first-order valence-corrected chi connectivity index (χ1v) is 6.91. The lowest BCUT2D eigenvalue weighted by Gasteiger charge is -2.09. The van der Waals surface area contributed by atoms with Gasteiger partial charge >= 0.3 is 0 Å². The van der Waals surface area contributed by atoms with E-state index in [9.17, 15) is 13.9 Å². The normalized spacial score (nSPS) is 13.0. The minimum absolute atomic E-state index is 0.0537. The van der Waals surface area contributed by atoms with Crippen molar-refractivity contribution in [2.75, 3.05) is 6.61 Å². The van der Waals surface area contributed by atoms with Gasteiger partial charge in [0.05, 0.1) is 18.4 Å². The van der Waals surface area contributed by atoms with Crippen LogP contribution in [0.3, 0.4) is 0 Å². The maximum absolute atomic E-state index is 13.5. The molecule has 1 aromatic carbocycles. The van der Waals surface area contributed by atoms with Crippen LogP contribution in [0.1, 0.15) is 23.7 Å². The van der Waals surface area contributed by atoms with Crippen LogP contribution in [-0.4, -0.2) is 33.6 Å². The van der Waals surface area contributed by atoms with E-state index in [1.807, 2.05) is 0 Å². The molecule has 1 heterocycles. The standard InChI is InChI=1S/C16H16F2N2O3/c1-10(22)9-23-20-16(12-3-4-13(17)14(18)6-12)15-5-2-11(8-21)7-19-15/h2-7,10,21-22H,8-9H2,1H3/b20-16+/t10-/m1/s1. The fraction of sp³-hybridized carbons (Fsp3) is 0.250. The highest BCUT2D eigenvalue weighted by Crippen LogP contribution is 2.14. The van der Waals surface area contributed by atoms with Crippen LogP contribution in [0, 0.1) is 11.6 Å². The maximum atomic E-state index is 13.5. The first-order valence-electron chi connectivity index (χ1n) is 6.91. The zero-order chi connectivity index (χ0) is 16.8. The Kier molecular flexibility index (Phi) is 5.72. The lowest BCUT2D eigenvalue weighted by molar-refractivity contribution is 0.0502. The molecular weight excluding hydrogens is 306 g/mol. The van der Waals surface area contributed by atoms with Crippen molar-refractivity contribution in [1.29, 1.82) is 0 Å². The van der Waals surface area contributed by atoms with Gasteiger partial charge in [-0.15, -0.1) is 0 Å². The summed E-state index contributed by atoms with van der Waals surface area (Å²) < 4.78 is 26.6. The predicted octanol–water partition coefficient (Wildman–Crippen LogP) is 2.00. The Balaban J connectivity index is 2.39. The van der Waals surface area contributed by atoms with Crippen LogP contribution >= 0.6 is 0 Å². The van der Waals surface area contributed by atoms with E-state index < -0.39 is 17.7 Å². The molecule has 0 saturated heterocycles. The van der Waals surface area contributed by atoms with Gasteiger partial charge in [-0.25, -0.2) is 8.78 Å². The smallest absolute Gasteiger partial charge is 0.159 e. The highest BCUT2D eigenvalue weighted by molar-refractivity contribution is 6.11. The number of oxime groups is 1. The van der Waals surface area contributed by atoms with Gasteiger partial charge in [-0.2, -0.15) is 0 Å². The second-order valence-corrected chi connectivity index (χ2v) is 4.92. The van der Waals surface area contributed by atoms with Crippen molar-refractivity contribution in [1.82, 2.24) is 4.98 Å². The second-order valence-electron chi connectivity index (χ2n) is 4.92. The van der Waals surface area contributed by atoms with Crippen LogP contribution in [0.15, 0.2) is 41.7 Å². The summed E-state index contributed by atoms with van der Waals surface area (Å²) in [6.07, 6.45) is 0.717. The topological polar surface area (TPSA) is 74.9 Å². The SMILES string of the molecule is C[C@@H](O)CO/N=C(\c1ccc(F)c(F)c1)c1ccc(CO)cn1. The van der Waals surface area contributed by atoms with Gasteiger partial charge < -0.3 is 15.1 Å². The number of hydrogen-bond donors (Lipinski definition) is 2. The van der Waals surface area contributed by atoms with Crippen molar-refractivity contribution in [2.45, 2.75) is 19.6 Å². The molecular formula is C16H16F2N2O3. The quantitative estimate of drug-likeness (QED) is 0.630. The summed E-state index contributed by atoms with van der Waals surface area (Å²) in [6.45, 7) is 1.31. The molecule has 7 heteroatoms. The van der Waals surface area contributed by atoms with Crippen LogP contribution < -0.4 is 0 Å². The van der Waals surface area contributed by atoms with Crippen molar-refractivity contribution < 1.29 is 23.8 Å². The maximum Gasteiger partial charge on any atom is 0.159 e. The Morgan fingerprint density at radius 2 is 2.04 bits per heavy atom. The van der Waals surface area contributed by atoms with Crippen molar-refractivity contribution in [3.63, 3.8) is 0 Å². The molecule has 0 radical (unpaired) electrons. The molecule has 2 rings (SSSR count). The minimum Gasteiger partial charge on any atom is -0.392 e. The van der Waals surface area contributed by atoms with Gasteiger partial charge in [-0.1, -0.05) is 11.2 Å². The largest absolute Gasteiger partial charge is 0.392 e. The number of benzene rings is 1. The monoisotopic (exact) mass is 322 g/mol. The Morgan fingerprint density at radius 3 is 2.61 bits per heavy atom.